The predicted octanol–water partition coefficient (Wildman–Crippen LogP) is 2.53. The number of benzene rings is 2. The molecule has 20 heavy (non-hydrogen) atoms. The highest BCUT2D eigenvalue weighted by Gasteiger charge is 2.10. The summed E-state index contributed by atoms with van der Waals surface area (Å²) in [5.41, 5.74) is 7.92. The van der Waals surface area contributed by atoms with Crippen molar-refractivity contribution in [1.29, 1.82) is 0 Å². The standard InChI is InChI=1S/C15H14N2O3/c1-9-5-6-11(15(19)20)8-13(9)17-14(18)10-3-2-4-12(16)7-10/h2-8H,16H2,1H3,(H,17,18)(H,19,20). The summed E-state index contributed by atoms with van der Waals surface area (Å²) in [5, 5.41) is 11.6. The number of carbonyl (C=O) groups excluding carboxylic acids is 1. The van der Waals surface area contributed by atoms with Crippen LogP contribution >= 0.6 is 0 Å². The SMILES string of the molecule is Cc1ccc(C(=O)O)cc1NC(=O)c1cccc(N)c1. The average Bonchev–Trinajstić information content (AvgIpc) is 2.41. The van der Waals surface area contributed by atoms with Gasteiger partial charge in [0, 0.05) is 16.9 Å². The molecule has 2 aromatic carbocycles. The normalized spacial score (nSPS) is 10.1. The number of amides is 1. The number of carbonyl (C=O) groups is 2. The van der Waals surface area contributed by atoms with Crippen LogP contribution in [0.3, 0.4) is 0 Å². The summed E-state index contributed by atoms with van der Waals surface area (Å²) in [5.74, 6) is -1.37. The lowest BCUT2D eigenvalue weighted by atomic mass is 10.1. The van der Waals surface area contributed by atoms with E-state index in [0.717, 1.165) is 5.56 Å². The number of aromatic carboxylic acids is 1. The second-order valence-electron chi connectivity index (χ2n) is 4.41. The van der Waals surface area contributed by atoms with Crippen LogP contribution in [0.15, 0.2) is 42.5 Å². The number of nitrogens with one attached hydrogen (secondary N) is 1. The zero-order valence-corrected chi connectivity index (χ0v) is 10.9. The molecule has 0 bridgehead atoms. The molecule has 0 aliphatic carbocycles. The van der Waals surface area contributed by atoms with Crippen LogP contribution in [0.1, 0.15) is 26.3 Å². The molecule has 0 aliphatic rings. The minimum Gasteiger partial charge on any atom is -0.478 e. The van der Waals surface area contributed by atoms with Gasteiger partial charge < -0.3 is 16.2 Å². The molecular formula is C15H14N2O3. The smallest absolute Gasteiger partial charge is 0.335 e. The van der Waals surface area contributed by atoms with Gasteiger partial charge in [-0.2, -0.15) is 0 Å². The zero-order chi connectivity index (χ0) is 14.7. The highest BCUT2D eigenvalue weighted by atomic mass is 16.4. The number of hydrogen-bond acceptors (Lipinski definition) is 3. The number of nitrogens with two attached hydrogens (primary N) is 1. The minimum atomic E-state index is -1.04. The Bertz CT molecular complexity index is 681. The molecule has 5 nitrogen and oxygen atoms in total. The van der Waals surface area contributed by atoms with Crippen LogP contribution in [-0.4, -0.2) is 17.0 Å². The van der Waals surface area contributed by atoms with Gasteiger partial charge in [-0.3, -0.25) is 4.79 Å². The molecule has 0 saturated carbocycles. The van der Waals surface area contributed by atoms with Gasteiger partial charge in [0.15, 0.2) is 0 Å². The third kappa shape index (κ3) is 2.95. The Morgan fingerprint density at radius 3 is 2.50 bits per heavy atom. The van der Waals surface area contributed by atoms with E-state index >= 15 is 0 Å². The van der Waals surface area contributed by atoms with Gasteiger partial charge in [0.25, 0.3) is 5.91 Å². The van der Waals surface area contributed by atoms with E-state index in [1.165, 1.54) is 12.1 Å². The van der Waals surface area contributed by atoms with Crippen molar-refractivity contribution in [3.8, 4) is 0 Å². The molecule has 102 valence electrons. The lowest BCUT2D eigenvalue weighted by Gasteiger charge is -2.09. The first-order valence-electron chi connectivity index (χ1n) is 5.98. The molecule has 4 N–H and O–H groups in total. The van der Waals surface area contributed by atoms with Gasteiger partial charge in [-0.15, -0.1) is 0 Å². The van der Waals surface area contributed by atoms with Gasteiger partial charge in [-0.25, -0.2) is 4.79 Å². The van der Waals surface area contributed by atoms with E-state index in [-0.39, 0.29) is 11.5 Å². The average molecular weight is 270 g/mol. The maximum Gasteiger partial charge on any atom is 0.335 e. The third-order valence-electron chi connectivity index (χ3n) is 2.88. The molecule has 5 heteroatoms. The van der Waals surface area contributed by atoms with Crippen molar-refractivity contribution in [2.75, 3.05) is 11.1 Å². The van der Waals surface area contributed by atoms with E-state index < -0.39 is 5.97 Å². The fourth-order valence-corrected chi connectivity index (χ4v) is 1.76. The lowest BCUT2D eigenvalue weighted by molar-refractivity contribution is 0.0696. The molecule has 2 aromatic rings. The van der Waals surface area contributed by atoms with Crippen molar-refractivity contribution < 1.29 is 14.7 Å². The van der Waals surface area contributed by atoms with E-state index in [0.29, 0.717) is 16.9 Å². The third-order valence-corrected chi connectivity index (χ3v) is 2.88. The number of rotatable bonds is 3. The van der Waals surface area contributed by atoms with Gasteiger partial charge in [0.2, 0.25) is 0 Å². The molecule has 0 aromatic heterocycles. The molecule has 0 unspecified atom stereocenters. The van der Waals surface area contributed by atoms with Crippen LogP contribution in [0.2, 0.25) is 0 Å². The lowest BCUT2D eigenvalue weighted by Crippen LogP contribution is -2.13. The first-order chi connectivity index (χ1) is 9.47. The predicted molar refractivity (Wildman–Crippen MR) is 76.9 cm³/mol. The topological polar surface area (TPSA) is 92.4 Å². The van der Waals surface area contributed by atoms with Crippen molar-refractivity contribution >= 4 is 23.3 Å². The number of anilines is 2. The van der Waals surface area contributed by atoms with Gasteiger partial charge in [0.1, 0.15) is 0 Å². The second-order valence-corrected chi connectivity index (χ2v) is 4.41. The van der Waals surface area contributed by atoms with E-state index in [9.17, 15) is 9.59 Å². The minimum absolute atomic E-state index is 0.124. The molecule has 0 saturated heterocycles. The van der Waals surface area contributed by atoms with Crippen LogP contribution in [0.25, 0.3) is 0 Å². The van der Waals surface area contributed by atoms with Crippen molar-refractivity contribution in [2.45, 2.75) is 6.92 Å². The van der Waals surface area contributed by atoms with Crippen molar-refractivity contribution in [1.82, 2.24) is 0 Å². The largest absolute Gasteiger partial charge is 0.478 e. The number of nitrogen functional groups attached to an aromatic ring is 1. The summed E-state index contributed by atoms with van der Waals surface area (Å²) in [6, 6.07) is 11.2. The molecule has 0 aliphatic heterocycles. The summed E-state index contributed by atoms with van der Waals surface area (Å²) in [7, 11) is 0. The van der Waals surface area contributed by atoms with Crippen LogP contribution in [0.5, 0.6) is 0 Å². The molecule has 0 spiro atoms. The summed E-state index contributed by atoms with van der Waals surface area (Å²) in [6.45, 7) is 1.79. The summed E-state index contributed by atoms with van der Waals surface area (Å²) < 4.78 is 0. The van der Waals surface area contributed by atoms with Gasteiger partial charge in [0.05, 0.1) is 5.56 Å². The number of carboxylic acid groups (broad SMARTS) is 1. The first-order valence-corrected chi connectivity index (χ1v) is 5.98. The Labute approximate surface area is 116 Å². The zero-order valence-electron chi connectivity index (χ0n) is 10.9. The maximum atomic E-state index is 12.1. The molecular weight excluding hydrogens is 256 g/mol. The van der Waals surface area contributed by atoms with Gasteiger partial charge in [-0.1, -0.05) is 12.1 Å². The van der Waals surface area contributed by atoms with Crippen LogP contribution in [0.4, 0.5) is 11.4 Å². The van der Waals surface area contributed by atoms with E-state index in [2.05, 4.69) is 5.32 Å². The van der Waals surface area contributed by atoms with Crippen molar-refractivity contribution in [3.05, 3.63) is 59.2 Å². The van der Waals surface area contributed by atoms with Crippen LogP contribution in [0, 0.1) is 6.92 Å². The fraction of sp³-hybridized carbons (Fsp3) is 0.0667. The Kier molecular flexibility index (Phi) is 3.70. The quantitative estimate of drug-likeness (QED) is 0.747. The summed E-state index contributed by atoms with van der Waals surface area (Å²) >= 11 is 0. The molecule has 0 radical (unpaired) electrons. The Morgan fingerprint density at radius 2 is 1.85 bits per heavy atom. The van der Waals surface area contributed by atoms with E-state index in [4.69, 9.17) is 10.8 Å². The summed E-state index contributed by atoms with van der Waals surface area (Å²) in [6.07, 6.45) is 0. The molecule has 0 atom stereocenters. The highest BCUT2D eigenvalue weighted by molar-refractivity contribution is 6.05. The molecule has 2 rings (SSSR count). The second kappa shape index (κ2) is 5.44. The summed E-state index contributed by atoms with van der Waals surface area (Å²) in [4.78, 5) is 23.0. The molecule has 0 heterocycles. The number of aryl methyl sites for hydroxylation is 1. The molecule has 1 amide bonds. The Hall–Kier alpha value is -2.82. The Balaban J connectivity index is 2.27. The van der Waals surface area contributed by atoms with Crippen LogP contribution < -0.4 is 11.1 Å². The first kappa shape index (κ1) is 13.6. The number of hydrogen-bond donors (Lipinski definition) is 3. The van der Waals surface area contributed by atoms with Crippen molar-refractivity contribution in [3.63, 3.8) is 0 Å². The highest BCUT2D eigenvalue weighted by Crippen LogP contribution is 2.18. The Morgan fingerprint density at radius 1 is 1.10 bits per heavy atom. The van der Waals surface area contributed by atoms with Crippen molar-refractivity contribution in [2.24, 2.45) is 0 Å². The van der Waals surface area contributed by atoms with E-state index in [1.807, 2.05) is 0 Å². The van der Waals surface area contributed by atoms with E-state index in [1.54, 1.807) is 37.3 Å². The van der Waals surface area contributed by atoms with Gasteiger partial charge >= 0.3 is 5.97 Å². The number of carboxylic acids is 1. The van der Waals surface area contributed by atoms with Gasteiger partial charge in [-0.05, 0) is 42.8 Å². The molecule has 0 fully saturated rings. The van der Waals surface area contributed by atoms with Crippen LogP contribution in [-0.2, 0) is 0 Å². The maximum absolute atomic E-state index is 12.1. The monoisotopic (exact) mass is 270 g/mol. The fourth-order valence-electron chi connectivity index (χ4n) is 1.76.